The maximum atomic E-state index is 12.5. The highest BCUT2D eigenvalue weighted by Crippen LogP contribution is 2.46. The van der Waals surface area contributed by atoms with Crippen LogP contribution < -0.4 is 5.30 Å². The zero-order valence-corrected chi connectivity index (χ0v) is 12.2. The molecule has 0 aliphatic heterocycles. The minimum atomic E-state index is -3.29. The summed E-state index contributed by atoms with van der Waals surface area (Å²) in [6.07, 6.45) is 0. The Bertz CT molecular complexity index is 458. The third-order valence-corrected chi connectivity index (χ3v) is 4.80. The molecule has 0 spiro atoms. The molecule has 0 aliphatic rings. The molecule has 1 N–H and O–H groups in total. The second kappa shape index (κ2) is 6.85. The normalized spacial score (nSPS) is 13.2. The molecule has 0 fully saturated rings. The first-order valence-corrected chi connectivity index (χ1v) is 7.71. The molecule has 0 heterocycles. The Morgan fingerprint density at radius 1 is 1.21 bits per heavy atom. The van der Waals surface area contributed by atoms with E-state index in [1.165, 1.54) is 0 Å². The van der Waals surface area contributed by atoms with Crippen molar-refractivity contribution >= 4 is 18.9 Å². The second-order valence-electron chi connectivity index (χ2n) is 3.98. The number of aliphatic carboxylic acids is 1. The average molecular weight is 286 g/mol. The highest BCUT2D eigenvalue weighted by Gasteiger charge is 2.26. The lowest BCUT2D eigenvalue weighted by Crippen LogP contribution is -2.12. The van der Waals surface area contributed by atoms with Crippen LogP contribution in [0.2, 0.25) is 0 Å². The second-order valence-corrected chi connectivity index (χ2v) is 6.01. The summed E-state index contributed by atoms with van der Waals surface area (Å²) < 4.78 is 22.9. The van der Waals surface area contributed by atoms with Crippen LogP contribution in [0.1, 0.15) is 32.3 Å². The minimum Gasteiger partial charge on any atom is -0.481 e. The molecule has 0 aliphatic carbocycles. The van der Waals surface area contributed by atoms with Crippen LogP contribution in [-0.4, -0.2) is 24.3 Å². The summed E-state index contributed by atoms with van der Waals surface area (Å²) in [7, 11) is -3.29. The van der Waals surface area contributed by atoms with Gasteiger partial charge in [0.15, 0.2) is 0 Å². The molecule has 0 bridgehead atoms. The molecule has 106 valence electrons. The summed E-state index contributed by atoms with van der Waals surface area (Å²) in [6.45, 7) is 5.65. The van der Waals surface area contributed by atoms with Gasteiger partial charge in [-0.3, -0.25) is 9.36 Å². The van der Waals surface area contributed by atoms with E-state index in [9.17, 15) is 9.36 Å². The number of benzene rings is 1. The van der Waals surface area contributed by atoms with Gasteiger partial charge in [0.2, 0.25) is 0 Å². The van der Waals surface area contributed by atoms with Crippen molar-refractivity contribution in [3.8, 4) is 0 Å². The molecule has 1 rings (SSSR count). The van der Waals surface area contributed by atoms with Gasteiger partial charge in [-0.25, -0.2) is 0 Å². The Morgan fingerprint density at radius 3 is 2.05 bits per heavy atom. The summed E-state index contributed by atoms with van der Waals surface area (Å²) in [6, 6.07) is 6.47. The van der Waals surface area contributed by atoms with Gasteiger partial charge >= 0.3 is 13.6 Å². The van der Waals surface area contributed by atoms with Crippen LogP contribution in [0.25, 0.3) is 0 Å². The van der Waals surface area contributed by atoms with Crippen LogP contribution in [0, 0.1) is 0 Å². The fourth-order valence-corrected chi connectivity index (χ4v) is 3.18. The fourth-order valence-electron chi connectivity index (χ4n) is 1.61. The topological polar surface area (TPSA) is 72.8 Å². The molecule has 5 nitrogen and oxygen atoms in total. The third kappa shape index (κ3) is 3.90. The monoisotopic (exact) mass is 286 g/mol. The molecule has 1 unspecified atom stereocenters. The summed E-state index contributed by atoms with van der Waals surface area (Å²) in [4.78, 5) is 10.9. The summed E-state index contributed by atoms with van der Waals surface area (Å²) in [5.41, 5.74) is 0.649. The van der Waals surface area contributed by atoms with Crippen LogP contribution in [0.4, 0.5) is 0 Å². The Labute approximate surface area is 113 Å². The lowest BCUT2D eigenvalue weighted by molar-refractivity contribution is -0.138. The summed E-state index contributed by atoms with van der Waals surface area (Å²) >= 11 is 0. The number of hydrogen-bond donors (Lipinski definition) is 1. The first-order valence-electron chi connectivity index (χ1n) is 6.17. The first-order chi connectivity index (χ1) is 8.94. The van der Waals surface area contributed by atoms with Gasteiger partial charge in [-0.15, -0.1) is 0 Å². The van der Waals surface area contributed by atoms with E-state index in [2.05, 4.69) is 0 Å². The SMILES string of the molecule is CCOP(=O)(OCC)c1ccc(C(C)C(=O)O)cc1. The van der Waals surface area contributed by atoms with Crippen LogP contribution in [0.15, 0.2) is 24.3 Å². The Morgan fingerprint density at radius 2 is 1.68 bits per heavy atom. The largest absolute Gasteiger partial charge is 0.481 e. The zero-order valence-electron chi connectivity index (χ0n) is 11.3. The van der Waals surface area contributed by atoms with E-state index >= 15 is 0 Å². The number of carbonyl (C=O) groups is 1. The van der Waals surface area contributed by atoms with Crippen molar-refractivity contribution < 1.29 is 23.5 Å². The van der Waals surface area contributed by atoms with E-state index in [0.29, 0.717) is 10.9 Å². The molecule has 0 saturated carbocycles. The van der Waals surface area contributed by atoms with E-state index in [1.54, 1.807) is 45.0 Å². The maximum absolute atomic E-state index is 12.5. The van der Waals surface area contributed by atoms with Crippen molar-refractivity contribution in [2.45, 2.75) is 26.7 Å². The zero-order chi connectivity index (χ0) is 14.5. The van der Waals surface area contributed by atoms with Crippen molar-refractivity contribution in [2.75, 3.05) is 13.2 Å². The molecule has 6 heteroatoms. The Kier molecular flexibility index (Phi) is 5.73. The van der Waals surface area contributed by atoms with E-state index in [-0.39, 0.29) is 13.2 Å². The third-order valence-electron chi connectivity index (χ3n) is 2.68. The molecule has 0 radical (unpaired) electrons. The molecular weight excluding hydrogens is 267 g/mol. The molecule has 1 aromatic carbocycles. The molecular formula is C13H19O5P. The Hall–Kier alpha value is -1.16. The van der Waals surface area contributed by atoms with E-state index < -0.39 is 19.5 Å². The van der Waals surface area contributed by atoms with Gasteiger partial charge in [0.1, 0.15) is 0 Å². The fraction of sp³-hybridized carbons (Fsp3) is 0.462. The molecule has 0 saturated heterocycles. The predicted molar refractivity (Wildman–Crippen MR) is 73.0 cm³/mol. The highest BCUT2D eigenvalue weighted by molar-refractivity contribution is 7.62. The maximum Gasteiger partial charge on any atom is 0.361 e. The molecule has 0 amide bonds. The van der Waals surface area contributed by atoms with Crippen molar-refractivity contribution in [1.29, 1.82) is 0 Å². The van der Waals surface area contributed by atoms with Crippen molar-refractivity contribution in [1.82, 2.24) is 0 Å². The lowest BCUT2D eigenvalue weighted by Gasteiger charge is -2.17. The van der Waals surface area contributed by atoms with Gasteiger partial charge in [-0.2, -0.15) is 0 Å². The number of rotatable bonds is 7. The average Bonchev–Trinajstić information content (AvgIpc) is 2.38. The van der Waals surface area contributed by atoms with E-state index in [0.717, 1.165) is 0 Å². The predicted octanol–water partition coefficient (Wildman–Crippen LogP) is 2.77. The van der Waals surface area contributed by atoms with Crippen LogP contribution in [0.3, 0.4) is 0 Å². The number of carboxylic acids is 1. The van der Waals surface area contributed by atoms with Crippen LogP contribution >= 0.6 is 7.60 Å². The van der Waals surface area contributed by atoms with E-state index in [1.807, 2.05) is 0 Å². The number of hydrogen-bond acceptors (Lipinski definition) is 4. The van der Waals surface area contributed by atoms with Gasteiger partial charge in [0, 0.05) is 0 Å². The molecule has 0 aromatic heterocycles. The lowest BCUT2D eigenvalue weighted by atomic mass is 10.0. The van der Waals surface area contributed by atoms with E-state index in [4.69, 9.17) is 14.2 Å². The molecule has 1 atom stereocenters. The van der Waals surface area contributed by atoms with Gasteiger partial charge in [0.25, 0.3) is 0 Å². The van der Waals surface area contributed by atoms with Gasteiger partial charge in [-0.1, -0.05) is 12.1 Å². The smallest absolute Gasteiger partial charge is 0.361 e. The van der Waals surface area contributed by atoms with Crippen molar-refractivity contribution in [3.05, 3.63) is 29.8 Å². The quantitative estimate of drug-likeness (QED) is 0.780. The van der Waals surface area contributed by atoms with Gasteiger partial charge in [0.05, 0.1) is 24.4 Å². The molecule has 1 aromatic rings. The highest BCUT2D eigenvalue weighted by atomic mass is 31.2. The van der Waals surface area contributed by atoms with Crippen LogP contribution in [0.5, 0.6) is 0 Å². The van der Waals surface area contributed by atoms with Gasteiger partial charge in [-0.05, 0) is 38.5 Å². The van der Waals surface area contributed by atoms with Crippen molar-refractivity contribution in [2.24, 2.45) is 0 Å². The summed E-state index contributed by atoms with van der Waals surface area (Å²) in [5, 5.41) is 9.37. The Balaban J connectivity index is 3.02. The first kappa shape index (κ1) is 15.9. The minimum absolute atomic E-state index is 0.282. The standard InChI is InChI=1S/C13H19O5P/c1-4-17-19(16,18-5-2)12-8-6-11(7-9-12)10(3)13(14)15/h6-10H,4-5H2,1-3H3,(H,14,15). The van der Waals surface area contributed by atoms with Crippen LogP contribution in [-0.2, 0) is 18.4 Å². The molecule has 19 heavy (non-hydrogen) atoms. The number of carboxylic acid groups (broad SMARTS) is 1. The van der Waals surface area contributed by atoms with Gasteiger partial charge < -0.3 is 14.2 Å². The van der Waals surface area contributed by atoms with Crippen molar-refractivity contribution in [3.63, 3.8) is 0 Å². The summed E-state index contributed by atoms with van der Waals surface area (Å²) in [5.74, 6) is -1.50.